The van der Waals surface area contributed by atoms with Gasteiger partial charge >= 0.3 is 0 Å². The molecule has 1 unspecified atom stereocenters. The molecule has 1 atom stereocenters. The molecule has 0 saturated carbocycles. The fourth-order valence-electron chi connectivity index (χ4n) is 2.40. The summed E-state index contributed by atoms with van der Waals surface area (Å²) in [5.41, 5.74) is 1.25. The molecule has 1 N–H and O–H groups in total. The molecule has 2 nitrogen and oxygen atoms in total. The molecular formula is C14H21ClN2. The van der Waals surface area contributed by atoms with E-state index >= 15 is 0 Å². The zero-order valence-electron chi connectivity index (χ0n) is 10.5. The van der Waals surface area contributed by atoms with Gasteiger partial charge in [0, 0.05) is 29.8 Å². The molecular weight excluding hydrogens is 232 g/mol. The lowest BCUT2D eigenvalue weighted by atomic mass is 10.0. The van der Waals surface area contributed by atoms with E-state index in [1.54, 1.807) is 0 Å². The van der Waals surface area contributed by atoms with Gasteiger partial charge < -0.3 is 10.2 Å². The van der Waals surface area contributed by atoms with Crippen LogP contribution < -0.4 is 10.2 Å². The van der Waals surface area contributed by atoms with Gasteiger partial charge in [-0.2, -0.15) is 0 Å². The molecule has 94 valence electrons. The van der Waals surface area contributed by atoms with Crippen LogP contribution >= 0.6 is 11.6 Å². The summed E-state index contributed by atoms with van der Waals surface area (Å²) in [5, 5.41) is 4.44. The van der Waals surface area contributed by atoms with Gasteiger partial charge in [0.1, 0.15) is 0 Å². The van der Waals surface area contributed by atoms with E-state index in [1.165, 1.54) is 24.9 Å². The minimum absolute atomic E-state index is 0.627. The molecule has 0 spiro atoms. The summed E-state index contributed by atoms with van der Waals surface area (Å²) in [6.07, 6.45) is 3.75. The van der Waals surface area contributed by atoms with Crippen molar-refractivity contribution in [2.75, 3.05) is 24.5 Å². The van der Waals surface area contributed by atoms with Crippen LogP contribution in [0.2, 0.25) is 5.02 Å². The molecule has 17 heavy (non-hydrogen) atoms. The van der Waals surface area contributed by atoms with Crippen molar-refractivity contribution in [3.8, 4) is 0 Å². The predicted molar refractivity (Wildman–Crippen MR) is 75.0 cm³/mol. The Morgan fingerprint density at radius 2 is 2.35 bits per heavy atom. The van der Waals surface area contributed by atoms with Crippen LogP contribution in [0.4, 0.5) is 5.69 Å². The van der Waals surface area contributed by atoms with Crippen molar-refractivity contribution in [1.29, 1.82) is 0 Å². The summed E-state index contributed by atoms with van der Waals surface area (Å²) in [6.45, 7) is 5.57. The third-order valence-corrected chi connectivity index (χ3v) is 3.51. The fourth-order valence-corrected chi connectivity index (χ4v) is 2.58. The smallest absolute Gasteiger partial charge is 0.0426 e. The monoisotopic (exact) mass is 252 g/mol. The SMILES string of the molecule is CCCNC1CCCN(c2cccc(Cl)c2)C1. The average Bonchev–Trinajstić information content (AvgIpc) is 2.37. The van der Waals surface area contributed by atoms with Crippen LogP contribution in [-0.2, 0) is 0 Å². The first-order valence-electron chi connectivity index (χ1n) is 6.53. The largest absolute Gasteiger partial charge is 0.370 e. The molecule has 2 rings (SSSR count). The van der Waals surface area contributed by atoms with E-state index in [9.17, 15) is 0 Å². The first-order chi connectivity index (χ1) is 8.29. The third kappa shape index (κ3) is 3.62. The van der Waals surface area contributed by atoms with Crippen molar-refractivity contribution in [3.05, 3.63) is 29.3 Å². The lowest BCUT2D eigenvalue weighted by Crippen LogP contribution is -2.46. The zero-order chi connectivity index (χ0) is 12.1. The van der Waals surface area contributed by atoms with Crippen molar-refractivity contribution >= 4 is 17.3 Å². The van der Waals surface area contributed by atoms with Crippen molar-refractivity contribution in [3.63, 3.8) is 0 Å². The Morgan fingerprint density at radius 1 is 1.47 bits per heavy atom. The molecule has 0 aromatic heterocycles. The van der Waals surface area contributed by atoms with Crippen LogP contribution in [0.5, 0.6) is 0 Å². The molecule has 1 aromatic rings. The summed E-state index contributed by atoms with van der Waals surface area (Å²) in [6, 6.07) is 8.79. The van der Waals surface area contributed by atoms with E-state index in [1.807, 2.05) is 12.1 Å². The zero-order valence-corrected chi connectivity index (χ0v) is 11.2. The number of halogens is 1. The minimum Gasteiger partial charge on any atom is -0.370 e. The topological polar surface area (TPSA) is 15.3 Å². The Kier molecular flexibility index (Phi) is 4.69. The minimum atomic E-state index is 0.627. The van der Waals surface area contributed by atoms with Gasteiger partial charge in [-0.05, 0) is 44.0 Å². The van der Waals surface area contributed by atoms with Gasteiger partial charge in [-0.1, -0.05) is 24.6 Å². The van der Waals surface area contributed by atoms with Crippen LogP contribution in [0.15, 0.2) is 24.3 Å². The fraction of sp³-hybridized carbons (Fsp3) is 0.571. The summed E-state index contributed by atoms with van der Waals surface area (Å²) in [4.78, 5) is 2.43. The van der Waals surface area contributed by atoms with Crippen molar-refractivity contribution in [1.82, 2.24) is 5.32 Å². The van der Waals surface area contributed by atoms with E-state index in [0.29, 0.717) is 6.04 Å². The Bertz CT molecular complexity index is 354. The van der Waals surface area contributed by atoms with Crippen LogP contribution in [-0.4, -0.2) is 25.7 Å². The quantitative estimate of drug-likeness (QED) is 0.885. The molecule has 0 aliphatic carbocycles. The predicted octanol–water partition coefficient (Wildman–Crippen LogP) is 3.31. The molecule has 1 aromatic carbocycles. The molecule has 1 aliphatic heterocycles. The molecule has 1 heterocycles. The van der Waals surface area contributed by atoms with E-state index in [-0.39, 0.29) is 0 Å². The number of nitrogens with one attached hydrogen (secondary N) is 1. The van der Waals surface area contributed by atoms with E-state index in [4.69, 9.17) is 11.6 Å². The van der Waals surface area contributed by atoms with Crippen LogP contribution in [0.1, 0.15) is 26.2 Å². The Labute approximate surface area is 109 Å². The molecule has 0 bridgehead atoms. The number of hydrogen-bond acceptors (Lipinski definition) is 2. The number of hydrogen-bond donors (Lipinski definition) is 1. The molecule has 1 aliphatic rings. The summed E-state index contributed by atoms with van der Waals surface area (Å²) in [5.74, 6) is 0. The van der Waals surface area contributed by atoms with Crippen molar-refractivity contribution in [2.24, 2.45) is 0 Å². The third-order valence-electron chi connectivity index (χ3n) is 3.28. The van der Waals surface area contributed by atoms with E-state index in [0.717, 1.165) is 24.7 Å². The molecule has 1 saturated heterocycles. The molecule has 0 radical (unpaired) electrons. The lowest BCUT2D eigenvalue weighted by molar-refractivity contribution is 0.423. The number of nitrogens with zero attached hydrogens (tertiary/aromatic N) is 1. The first kappa shape index (κ1) is 12.7. The maximum absolute atomic E-state index is 6.04. The maximum atomic E-state index is 6.04. The molecule has 1 fully saturated rings. The summed E-state index contributed by atoms with van der Waals surface area (Å²) < 4.78 is 0. The Balaban J connectivity index is 1.97. The molecule has 3 heteroatoms. The normalized spacial score (nSPS) is 20.6. The van der Waals surface area contributed by atoms with Crippen molar-refractivity contribution < 1.29 is 0 Å². The Hall–Kier alpha value is -0.730. The van der Waals surface area contributed by atoms with Crippen LogP contribution in [0.3, 0.4) is 0 Å². The first-order valence-corrected chi connectivity index (χ1v) is 6.91. The van der Waals surface area contributed by atoms with Gasteiger partial charge in [-0.3, -0.25) is 0 Å². The highest BCUT2D eigenvalue weighted by Gasteiger charge is 2.19. The second-order valence-electron chi connectivity index (χ2n) is 4.72. The van der Waals surface area contributed by atoms with Gasteiger partial charge in [0.25, 0.3) is 0 Å². The Morgan fingerprint density at radius 3 is 3.12 bits per heavy atom. The van der Waals surface area contributed by atoms with Gasteiger partial charge in [0.2, 0.25) is 0 Å². The summed E-state index contributed by atoms with van der Waals surface area (Å²) in [7, 11) is 0. The number of anilines is 1. The standard InChI is InChI=1S/C14H21ClN2/c1-2-8-16-13-6-4-9-17(11-13)14-7-3-5-12(15)10-14/h3,5,7,10,13,16H,2,4,6,8-9,11H2,1H3. The number of rotatable bonds is 4. The second kappa shape index (κ2) is 6.27. The second-order valence-corrected chi connectivity index (χ2v) is 5.16. The highest BCUT2D eigenvalue weighted by atomic mass is 35.5. The van der Waals surface area contributed by atoms with Crippen molar-refractivity contribution in [2.45, 2.75) is 32.2 Å². The number of piperidine rings is 1. The van der Waals surface area contributed by atoms with Crippen LogP contribution in [0.25, 0.3) is 0 Å². The van der Waals surface area contributed by atoms with Gasteiger partial charge in [-0.25, -0.2) is 0 Å². The van der Waals surface area contributed by atoms with Gasteiger partial charge in [-0.15, -0.1) is 0 Å². The number of benzene rings is 1. The lowest BCUT2D eigenvalue weighted by Gasteiger charge is -2.35. The highest BCUT2D eigenvalue weighted by Crippen LogP contribution is 2.23. The maximum Gasteiger partial charge on any atom is 0.0426 e. The van der Waals surface area contributed by atoms with E-state index < -0.39 is 0 Å². The molecule has 0 amide bonds. The average molecular weight is 253 g/mol. The van der Waals surface area contributed by atoms with E-state index in [2.05, 4.69) is 29.3 Å². The van der Waals surface area contributed by atoms with Gasteiger partial charge in [0.05, 0.1) is 0 Å². The van der Waals surface area contributed by atoms with Gasteiger partial charge in [0.15, 0.2) is 0 Å². The van der Waals surface area contributed by atoms with Crippen LogP contribution in [0, 0.1) is 0 Å². The summed E-state index contributed by atoms with van der Waals surface area (Å²) >= 11 is 6.04. The highest BCUT2D eigenvalue weighted by molar-refractivity contribution is 6.30.